The lowest BCUT2D eigenvalue weighted by Crippen LogP contribution is -2.42. The van der Waals surface area contributed by atoms with Crippen LogP contribution in [0.15, 0.2) is 0 Å². The molecular formula is C10H22N2O3. The lowest BCUT2D eigenvalue weighted by molar-refractivity contribution is 0.121. The van der Waals surface area contributed by atoms with E-state index in [1.807, 2.05) is 0 Å². The van der Waals surface area contributed by atoms with Gasteiger partial charge in [-0.25, -0.2) is 0 Å². The molecule has 15 heavy (non-hydrogen) atoms. The van der Waals surface area contributed by atoms with E-state index in [1.54, 1.807) is 7.11 Å². The monoisotopic (exact) mass is 218 g/mol. The van der Waals surface area contributed by atoms with Gasteiger partial charge in [-0.05, 0) is 7.05 Å². The fraction of sp³-hybridized carbons (Fsp3) is 1.00. The summed E-state index contributed by atoms with van der Waals surface area (Å²) in [7, 11) is 3.76. The predicted octanol–water partition coefficient (Wildman–Crippen LogP) is -1.09. The van der Waals surface area contributed by atoms with Crippen molar-refractivity contribution >= 4 is 0 Å². The van der Waals surface area contributed by atoms with Crippen LogP contribution in [-0.4, -0.2) is 75.8 Å². The van der Waals surface area contributed by atoms with Crippen molar-refractivity contribution in [2.75, 3.05) is 53.6 Å². The third-order valence-corrected chi connectivity index (χ3v) is 2.63. The lowest BCUT2D eigenvalue weighted by atomic mass is 10.2. The average Bonchev–Trinajstić information content (AvgIpc) is 2.61. The standard InChI is InChI=1S/C10H22N2O3/c1-12(5-6-14-2)4-3-11-9-7-15-8-10(9)13/h9-11,13H,3-8H2,1-2H3. The zero-order valence-electron chi connectivity index (χ0n) is 9.61. The predicted molar refractivity (Wildman–Crippen MR) is 58.0 cm³/mol. The van der Waals surface area contributed by atoms with Crippen molar-refractivity contribution in [1.82, 2.24) is 10.2 Å². The van der Waals surface area contributed by atoms with E-state index in [4.69, 9.17) is 9.47 Å². The molecule has 0 aromatic heterocycles. The molecule has 2 N–H and O–H groups in total. The molecule has 5 nitrogen and oxygen atoms in total. The molecule has 0 saturated carbocycles. The van der Waals surface area contributed by atoms with Gasteiger partial charge in [0.05, 0.1) is 32.0 Å². The Bertz CT molecular complexity index is 169. The highest BCUT2D eigenvalue weighted by molar-refractivity contribution is 4.80. The molecular weight excluding hydrogens is 196 g/mol. The van der Waals surface area contributed by atoms with Crippen molar-refractivity contribution in [2.24, 2.45) is 0 Å². The Kier molecular flexibility index (Phi) is 6.12. The van der Waals surface area contributed by atoms with E-state index in [1.165, 1.54) is 0 Å². The van der Waals surface area contributed by atoms with Crippen LogP contribution in [0.1, 0.15) is 0 Å². The Morgan fingerprint density at radius 3 is 2.87 bits per heavy atom. The first-order chi connectivity index (χ1) is 7.24. The molecule has 5 heteroatoms. The molecule has 1 heterocycles. The quantitative estimate of drug-likeness (QED) is 0.569. The maximum Gasteiger partial charge on any atom is 0.0948 e. The first kappa shape index (κ1) is 12.9. The number of aliphatic hydroxyl groups excluding tert-OH is 1. The van der Waals surface area contributed by atoms with Gasteiger partial charge < -0.3 is 24.8 Å². The topological polar surface area (TPSA) is 54.0 Å². The summed E-state index contributed by atoms with van der Waals surface area (Å²) in [6.07, 6.45) is -0.353. The van der Waals surface area contributed by atoms with Gasteiger partial charge in [0, 0.05) is 26.7 Å². The minimum absolute atomic E-state index is 0.0980. The van der Waals surface area contributed by atoms with E-state index >= 15 is 0 Å². The molecule has 2 unspecified atom stereocenters. The lowest BCUT2D eigenvalue weighted by Gasteiger charge is -2.19. The van der Waals surface area contributed by atoms with Gasteiger partial charge in [-0.1, -0.05) is 0 Å². The van der Waals surface area contributed by atoms with Crippen LogP contribution < -0.4 is 5.32 Å². The van der Waals surface area contributed by atoms with Crippen molar-refractivity contribution in [3.8, 4) is 0 Å². The second-order valence-corrected chi connectivity index (χ2v) is 3.96. The van der Waals surface area contributed by atoms with Crippen molar-refractivity contribution < 1.29 is 14.6 Å². The summed E-state index contributed by atoms with van der Waals surface area (Å²) in [5.41, 5.74) is 0. The van der Waals surface area contributed by atoms with E-state index in [9.17, 15) is 5.11 Å². The van der Waals surface area contributed by atoms with Gasteiger partial charge in [0.2, 0.25) is 0 Å². The Balaban J connectivity index is 2.00. The summed E-state index contributed by atoms with van der Waals surface area (Å²) in [6.45, 7) is 4.57. The third kappa shape index (κ3) is 4.90. The molecule has 0 aromatic carbocycles. The Labute approximate surface area is 91.3 Å². The van der Waals surface area contributed by atoms with E-state index in [-0.39, 0.29) is 12.1 Å². The molecule has 0 amide bonds. The maximum absolute atomic E-state index is 9.47. The molecule has 1 saturated heterocycles. The average molecular weight is 218 g/mol. The normalized spacial score (nSPS) is 26.4. The Morgan fingerprint density at radius 1 is 1.47 bits per heavy atom. The summed E-state index contributed by atoms with van der Waals surface area (Å²) >= 11 is 0. The van der Waals surface area contributed by atoms with Crippen LogP contribution in [0, 0.1) is 0 Å². The molecule has 0 bridgehead atoms. The number of ether oxygens (including phenoxy) is 2. The van der Waals surface area contributed by atoms with Crippen LogP contribution in [0.3, 0.4) is 0 Å². The zero-order chi connectivity index (χ0) is 11.1. The Morgan fingerprint density at radius 2 is 2.27 bits per heavy atom. The van der Waals surface area contributed by atoms with Gasteiger partial charge in [0.15, 0.2) is 0 Å². The second kappa shape index (κ2) is 7.14. The molecule has 1 rings (SSSR count). The van der Waals surface area contributed by atoms with Gasteiger partial charge in [-0.3, -0.25) is 0 Å². The SMILES string of the molecule is COCCN(C)CCNC1COCC1O. The molecule has 0 aromatic rings. The van der Waals surface area contributed by atoms with Crippen molar-refractivity contribution in [3.05, 3.63) is 0 Å². The first-order valence-corrected chi connectivity index (χ1v) is 5.40. The number of methoxy groups -OCH3 is 1. The van der Waals surface area contributed by atoms with Crippen LogP contribution in [0.5, 0.6) is 0 Å². The molecule has 90 valence electrons. The highest BCUT2D eigenvalue weighted by atomic mass is 16.5. The molecule has 0 radical (unpaired) electrons. The maximum atomic E-state index is 9.47. The summed E-state index contributed by atoms with van der Waals surface area (Å²) < 4.78 is 10.1. The smallest absolute Gasteiger partial charge is 0.0948 e. The fourth-order valence-corrected chi connectivity index (χ4v) is 1.54. The summed E-state index contributed by atoms with van der Waals surface area (Å²) in [6, 6.07) is 0.0980. The van der Waals surface area contributed by atoms with Gasteiger partial charge in [-0.15, -0.1) is 0 Å². The van der Waals surface area contributed by atoms with Gasteiger partial charge in [-0.2, -0.15) is 0 Å². The van der Waals surface area contributed by atoms with Gasteiger partial charge in [0.1, 0.15) is 0 Å². The van der Waals surface area contributed by atoms with E-state index in [0.29, 0.717) is 13.2 Å². The van der Waals surface area contributed by atoms with E-state index in [2.05, 4.69) is 17.3 Å². The molecule has 0 spiro atoms. The highest BCUT2D eigenvalue weighted by Gasteiger charge is 2.25. The first-order valence-electron chi connectivity index (χ1n) is 5.40. The number of hydrogen-bond donors (Lipinski definition) is 2. The molecule has 0 aliphatic carbocycles. The fourth-order valence-electron chi connectivity index (χ4n) is 1.54. The molecule has 2 atom stereocenters. The van der Waals surface area contributed by atoms with Gasteiger partial charge >= 0.3 is 0 Å². The second-order valence-electron chi connectivity index (χ2n) is 3.96. The van der Waals surface area contributed by atoms with Crippen molar-refractivity contribution in [3.63, 3.8) is 0 Å². The number of rotatable bonds is 7. The largest absolute Gasteiger partial charge is 0.389 e. The van der Waals surface area contributed by atoms with Gasteiger partial charge in [0.25, 0.3) is 0 Å². The number of nitrogens with one attached hydrogen (secondary N) is 1. The van der Waals surface area contributed by atoms with Crippen LogP contribution in [-0.2, 0) is 9.47 Å². The summed E-state index contributed by atoms with van der Waals surface area (Å²) in [4.78, 5) is 2.19. The van der Waals surface area contributed by atoms with E-state index in [0.717, 1.165) is 26.2 Å². The molecule has 1 fully saturated rings. The zero-order valence-corrected chi connectivity index (χ0v) is 9.61. The van der Waals surface area contributed by atoms with Crippen LogP contribution in [0.2, 0.25) is 0 Å². The summed E-state index contributed by atoms with van der Waals surface area (Å²) in [5.74, 6) is 0. The number of hydrogen-bond acceptors (Lipinski definition) is 5. The third-order valence-electron chi connectivity index (χ3n) is 2.63. The van der Waals surface area contributed by atoms with Crippen molar-refractivity contribution in [2.45, 2.75) is 12.1 Å². The molecule has 1 aliphatic rings. The minimum atomic E-state index is -0.353. The number of aliphatic hydroxyl groups is 1. The minimum Gasteiger partial charge on any atom is -0.389 e. The van der Waals surface area contributed by atoms with Crippen molar-refractivity contribution in [1.29, 1.82) is 0 Å². The number of nitrogens with zero attached hydrogens (tertiary/aromatic N) is 1. The van der Waals surface area contributed by atoms with Crippen LogP contribution in [0.25, 0.3) is 0 Å². The Hall–Kier alpha value is -0.200. The van der Waals surface area contributed by atoms with Crippen LogP contribution >= 0.6 is 0 Å². The number of likely N-dealkylation sites (N-methyl/N-ethyl adjacent to an activating group) is 1. The van der Waals surface area contributed by atoms with E-state index < -0.39 is 0 Å². The highest BCUT2D eigenvalue weighted by Crippen LogP contribution is 2.04. The molecule has 1 aliphatic heterocycles. The summed E-state index contributed by atoms with van der Waals surface area (Å²) in [5, 5.41) is 12.8. The van der Waals surface area contributed by atoms with Crippen LogP contribution in [0.4, 0.5) is 0 Å².